The molecule has 1 aliphatic heterocycles. The van der Waals surface area contributed by atoms with Gasteiger partial charge in [0.05, 0.1) is 18.7 Å². The van der Waals surface area contributed by atoms with Crippen molar-refractivity contribution in [1.82, 2.24) is 19.7 Å². The molecule has 1 N–H and O–H groups in total. The van der Waals surface area contributed by atoms with E-state index in [1.165, 1.54) is 17.1 Å². The predicted molar refractivity (Wildman–Crippen MR) is 124 cm³/mol. The van der Waals surface area contributed by atoms with E-state index >= 15 is 0 Å². The molecule has 1 amide bonds. The van der Waals surface area contributed by atoms with Gasteiger partial charge in [-0.2, -0.15) is 5.10 Å². The number of carbonyl (C=O) groups excluding carboxylic acids is 2. The third-order valence-corrected chi connectivity index (χ3v) is 5.90. The number of oxazole rings is 1. The van der Waals surface area contributed by atoms with E-state index in [1.807, 2.05) is 6.07 Å². The Bertz CT molecular complexity index is 1190. The summed E-state index contributed by atoms with van der Waals surface area (Å²) in [5.41, 5.74) is -1.93. The number of aliphatic carboxylic acids is 1. The van der Waals surface area contributed by atoms with E-state index < -0.39 is 41.1 Å². The first kappa shape index (κ1) is 25.0. The summed E-state index contributed by atoms with van der Waals surface area (Å²) in [6.07, 6.45) is 4.49. The summed E-state index contributed by atoms with van der Waals surface area (Å²) in [5.74, 6) is -3.06. The lowest BCUT2D eigenvalue weighted by atomic mass is 9.90. The molecule has 4 rings (SSSR count). The van der Waals surface area contributed by atoms with Crippen LogP contribution >= 0.6 is 0 Å². The number of carboxylic acids is 1. The third kappa shape index (κ3) is 5.09. The highest BCUT2D eigenvalue weighted by molar-refractivity contribution is 5.89. The van der Waals surface area contributed by atoms with E-state index in [-0.39, 0.29) is 25.3 Å². The molecule has 1 aromatic carbocycles. The Balaban J connectivity index is 1.82. The topological polar surface area (TPSA) is 137 Å². The average Bonchev–Trinajstić information content (AvgIpc) is 3.58. The molecule has 3 atom stereocenters. The summed E-state index contributed by atoms with van der Waals surface area (Å²) in [5, 5.41) is 14.3. The number of hydrogen-bond acceptors (Lipinski definition) is 8. The molecule has 0 saturated carbocycles. The van der Waals surface area contributed by atoms with Crippen LogP contribution in [0.3, 0.4) is 0 Å². The van der Waals surface area contributed by atoms with Crippen molar-refractivity contribution in [2.24, 2.45) is 5.92 Å². The molecule has 3 heterocycles. The van der Waals surface area contributed by atoms with Gasteiger partial charge in [-0.3, -0.25) is 14.4 Å². The van der Waals surface area contributed by atoms with Gasteiger partial charge in [-0.25, -0.2) is 14.6 Å². The number of hydrogen-bond donors (Lipinski definition) is 1. The second-order valence-corrected chi connectivity index (χ2v) is 9.64. The fourth-order valence-corrected chi connectivity index (χ4v) is 4.44. The maximum atomic E-state index is 13.8. The summed E-state index contributed by atoms with van der Waals surface area (Å²) in [4.78, 5) is 45.0. The number of aromatic nitrogens is 3. The Kier molecular flexibility index (Phi) is 6.82. The van der Waals surface area contributed by atoms with Gasteiger partial charge in [0.2, 0.25) is 0 Å². The number of benzene rings is 1. The highest BCUT2D eigenvalue weighted by Gasteiger charge is 2.64. The Labute approximate surface area is 207 Å². The average molecular weight is 497 g/mol. The van der Waals surface area contributed by atoms with E-state index in [4.69, 9.17) is 13.9 Å². The molecule has 11 nitrogen and oxygen atoms in total. The number of ether oxygens (including phenoxy) is 2. The lowest BCUT2D eigenvalue weighted by Gasteiger charge is -2.39. The smallest absolute Gasteiger partial charge is 0.411 e. The van der Waals surface area contributed by atoms with Crippen molar-refractivity contribution in [1.29, 1.82) is 0 Å². The Hall–Kier alpha value is -4.15. The van der Waals surface area contributed by atoms with E-state index in [1.54, 1.807) is 57.3 Å². The van der Waals surface area contributed by atoms with Gasteiger partial charge in [-0.05, 0) is 38.8 Å². The molecule has 0 spiro atoms. The maximum Gasteiger partial charge on any atom is 0.411 e. The number of amides is 1. The molecule has 36 heavy (non-hydrogen) atoms. The second kappa shape index (κ2) is 9.84. The van der Waals surface area contributed by atoms with E-state index in [9.17, 15) is 19.5 Å². The van der Waals surface area contributed by atoms with Gasteiger partial charge in [0.25, 0.3) is 0 Å². The molecule has 0 aliphatic carbocycles. The highest BCUT2D eigenvalue weighted by Crippen LogP contribution is 2.49. The standard InChI is InChI=1S/C25H28N4O7/c1-24(2,3)36-22(32)25(15-28-11-7-10-27-28)12-18(21(30)31)20(19-13-26-16-35-19)29(25)23(33)34-14-17-8-5-4-6-9-17/h4-11,13,16,18,20H,12,14-15H2,1-3H3,(H,30,31). The molecule has 1 fully saturated rings. The minimum Gasteiger partial charge on any atom is -0.481 e. The summed E-state index contributed by atoms with van der Waals surface area (Å²) in [6.45, 7) is 4.86. The van der Waals surface area contributed by atoms with Crippen LogP contribution in [0.25, 0.3) is 0 Å². The van der Waals surface area contributed by atoms with Crippen molar-refractivity contribution in [2.75, 3.05) is 0 Å². The van der Waals surface area contributed by atoms with Gasteiger partial charge in [0.15, 0.2) is 11.9 Å². The quantitative estimate of drug-likeness (QED) is 0.488. The zero-order chi connectivity index (χ0) is 25.9. The molecule has 11 heteroatoms. The zero-order valence-corrected chi connectivity index (χ0v) is 20.2. The van der Waals surface area contributed by atoms with Gasteiger partial charge in [-0.15, -0.1) is 0 Å². The van der Waals surface area contributed by atoms with Gasteiger partial charge in [-0.1, -0.05) is 30.3 Å². The number of rotatable bonds is 7. The summed E-state index contributed by atoms with van der Waals surface area (Å²) >= 11 is 0. The fourth-order valence-electron chi connectivity index (χ4n) is 4.44. The van der Waals surface area contributed by atoms with Gasteiger partial charge in [0.1, 0.15) is 24.0 Å². The molecule has 2 aromatic heterocycles. The van der Waals surface area contributed by atoms with Crippen LogP contribution in [0.1, 0.15) is 44.6 Å². The lowest BCUT2D eigenvalue weighted by molar-refractivity contribution is -0.169. The van der Waals surface area contributed by atoms with Crippen LogP contribution in [0.4, 0.5) is 4.79 Å². The lowest BCUT2D eigenvalue weighted by Crippen LogP contribution is -2.58. The first-order chi connectivity index (χ1) is 17.1. The number of carbonyl (C=O) groups is 3. The van der Waals surface area contributed by atoms with Crippen molar-refractivity contribution in [2.45, 2.75) is 57.5 Å². The SMILES string of the molecule is CC(C)(C)OC(=O)C1(Cn2cccn2)CC(C(=O)O)C(c2cnco2)N1C(=O)OCc1ccccc1. The first-order valence-corrected chi connectivity index (χ1v) is 11.4. The van der Waals surface area contributed by atoms with Gasteiger partial charge in [0, 0.05) is 12.4 Å². The first-order valence-electron chi connectivity index (χ1n) is 11.4. The number of likely N-dealkylation sites (tertiary alicyclic amines) is 1. The van der Waals surface area contributed by atoms with E-state index in [0.29, 0.717) is 0 Å². The van der Waals surface area contributed by atoms with Crippen LogP contribution in [0.15, 0.2) is 65.8 Å². The highest BCUT2D eigenvalue weighted by atomic mass is 16.6. The molecule has 1 aliphatic rings. The van der Waals surface area contributed by atoms with Gasteiger partial charge < -0.3 is 19.0 Å². The molecule has 1 saturated heterocycles. The van der Waals surface area contributed by atoms with Crippen molar-refractivity contribution in [3.63, 3.8) is 0 Å². The van der Waals surface area contributed by atoms with Crippen LogP contribution in [-0.2, 0) is 32.2 Å². The fraction of sp³-hybridized carbons (Fsp3) is 0.400. The van der Waals surface area contributed by atoms with Crippen LogP contribution in [-0.4, -0.2) is 53.9 Å². The Morgan fingerprint density at radius 3 is 2.53 bits per heavy atom. The molecular weight excluding hydrogens is 468 g/mol. The van der Waals surface area contributed by atoms with E-state index in [0.717, 1.165) is 16.9 Å². The molecule has 0 bridgehead atoms. The third-order valence-electron chi connectivity index (χ3n) is 5.90. The minimum atomic E-state index is -1.76. The van der Waals surface area contributed by atoms with Crippen molar-refractivity contribution < 1.29 is 33.4 Å². The molecular formula is C25H28N4O7. The maximum absolute atomic E-state index is 13.8. The van der Waals surface area contributed by atoms with Gasteiger partial charge >= 0.3 is 18.0 Å². The molecule has 190 valence electrons. The van der Waals surface area contributed by atoms with Crippen molar-refractivity contribution in [3.8, 4) is 0 Å². The molecule has 3 unspecified atom stereocenters. The summed E-state index contributed by atoms with van der Waals surface area (Å²) < 4.78 is 18.3. The van der Waals surface area contributed by atoms with Crippen LogP contribution < -0.4 is 0 Å². The van der Waals surface area contributed by atoms with Crippen molar-refractivity contribution >= 4 is 18.0 Å². The Morgan fingerprint density at radius 2 is 1.94 bits per heavy atom. The van der Waals surface area contributed by atoms with Crippen molar-refractivity contribution in [3.05, 3.63) is 72.7 Å². The second-order valence-electron chi connectivity index (χ2n) is 9.64. The number of nitrogens with zero attached hydrogens (tertiary/aromatic N) is 4. The van der Waals surface area contributed by atoms with Crippen LogP contribution in [0, 0.1) is 5.92 Å². The molecule has 0 radical (unpaired) electrons. The largest absolute Gasteiger partial charge is 0.481 e. The normalized spacial score (nSPS) is 21.8. The predicted octanol–water partition coefficient (Wildman–Crippen LogP) is 3.44. The van der Waals surface area contributed by atoms with Crippen LogP contribution in [0.2, 0.25) is 0 Å². The number of esters is 1. The number of carboxylic acid groups (broad SMARTS) is 1. The summed E-state index contributed by atoms with van der Waals surface area (Å²) in [7, 11) is 0. The summed E-state index contributed by atoms with van der Waals surface area (Å²) in [6, 6.07) is 9.51. The van der Waals surface area contributed by atoms with E-state index in [2.05, 4.69) is 10.1 Å². The monoisotopic (exact) mass is 496 g/mol. The Morgan fingerprint density at radius 1 is 1.19 bits per heavy atom. The zero-order valence-electron chi connectivity index (χ0n) is 20.2. The van der Waals surface area contributed by atoms with Crippen LogP contribution in [0.5, 0.6) is 0 Å². The minimum absolute atomic E-state index is 0.0802. The molecule has 3 aromatic rings.